The molecule has 136 valence electrons. The van der Waals surface area contributed by atoms with Gasteiger partial charge in [0.25, 0.3) is 0 Å². The molecule has 2 rings (SSSR count). The molecule has 0 bridgehead atoms. The minimum Gasteiger partial charge on any atom is -0.478 e. The molecule has 0 aliphatic rings. The predicted molar refractivity (Wildman–Crippen MR) is 97.2 cm³/mol. The van der Waals surface area contributed by atoms with Crippen molar-refractivity contribution in [3.05, 3.63) is 74.3 Å². The zero-order chi connectivity index (χ0) is 19.3. The molecule has 7 nitrogen and oxygen atoms in total. The highest BCUT2D eigenvalue weighted by atomic mass is 35.5. The predicted octanol–water partition coefficient (Wildman–Crippen LogP) is 3.95. The van der Waals surface area contributed by atoms with Crippen LogP contribution in [0, 0.1) is 10.1 Å². The Morgan fingerprint density at radius 2 is 1.96 bits per heavy atom. The number of nitro groups is 1. The molecule has 0 aliphatic heterocycles. The first kappa shape index (κ1) is 19.4. The number of hydrogen-bond donors (Lipinski definition) is 2. The van der Waals surface area contributed by atoms with Crippen LogP contribution in [0.25, 0.3) is 0 Å². The lowest BCUT2D eigenvalue weighted by Gasteiger charge is -2.13. The molecule has 0 aromatic heterocycles. The van der Waals surface area contributed by atoms with E-state index >= 15 is 0 Å². The van der Waals surface area contributed by atoms with Crippen LogP contribution < -0.4 is 5.32 Å². The standard InChI is InChI=1S/C18H17ClN2O5/c1-11(21(25)26)14-10-13(18(23)24)6-8-16(14)20-17(22)9-7-12-4-2-3-5-15(12)19/h2-6,8,10-11H,7,9H2,1H3,(H,20,22)(H,23,24). The third kappa shape index (κ3) is 4.80. The second-order valence-electron chi connectivity index (χ2n) is 5.71. The fourth-order valence-electron chi connectivity index (χ4n) is 2.43. The first-order valence-electron chi connectivity index (χ1n) is 7.83. The number of benzene rings is 2. The molecule has 1 atom stereocenters. The lowest BCUT2D eigenvalue weighted by Crippen LogP contribution is -2.17. The van der Waals surface area contributed by atoms with Gasteiger partial charge in [-0.25, -0.2) is 4.79 Å². The molecule has 26 heavy (non-hydrogen) atoms. The number of aromatic carboxylic acids is 1. The number of aryl methyl sites for hydroxylation is 1. The normalized spacial score (nSPS) is 11.6. The van der Waals surface area contributed by atoms with Gasteiger partial charge in [0.05, 0.1) is 11.3 Å². The first-order valence-corrected chi connectivity index (χ1v) is 8.21. The van der Waals surface area contributed by atoms with E-state index in [1.807, 2.05) is 12.1 Å². The SMILES string of the molecule is CC(c1cc(C(=O)O)ccc1NC(=O)CCc1ccccc1Cl)[N+](=O)[O-]. The van der Waals surface area contributed by atoms with Gasteiger partial charge in [0.2, 0.25) is 11.9 Å². The van der Waals surface area contributed by atoms with Gasteiger partial charge in [0.1, 0.15) is 0 Å². The third-order valence-electron chi connectivity index (χ3n) is 3.92. The Morgan fingerprint density at radius 3 is 2.58 bits per heavy atom. The summed E-state index contributed by atoms with van der Waals surface area (Å²) in [6.45, 7) is 1.33. The maximum absolute atomic E-state index is 12.2. The molecule has 1 amide bonds. The lowest BCUT2D eigenvalue weighted by atomic mass is 10.0. The number of carbonyl (C=O) groups excluding carboxylic acids is 1. The van der Waals surface area contributed by atoms with Crippen molar-refractivity contribution < 1.29 is 19.6 Å². The fourth-order valence-corrected chi connectivity index (χ4v) is 2.66. The maximum Gasteiger partial charge on any atom is 0.335 e. The van der Waals surface area contributed by atoms with Gasteiger partial charge in [-0.3, -0.25) is 14.9 Å². The highest BCUT2D eigenvalue weighted by Gasteiger charge is 2.22. The van der Waals surface area contributed by atoms with Gasteiger partial charge in [0, 0.05) is 28.9 Å². The van der Waals surface area contributed by atoms with E-state index < -0.39 is 16.9 Å². The Balaban J connectivity index is 2.17. The average Bonchev–Trinajstić information content (AvgIpc) is 2.60. The van der Waals surface area contributed by atoms with Crippen LogP contribution in [0.2, 0.25) is 5.02 Å². The molecule has 0 aliphatic carbocycles. The Morgan fingerprint density at radius 1 is 1.27 bits per heavy atom. The monoisotopic (exact) mass is 376 g/mol. The van der Waals surface area contributed by atoms with E-state index in [9.17, 15) is 19.7 Å². The summed E-state index contributed by atoms with van der Waals surface area (Å²) >= 11 is 6.05. The molecule has 1 unspecified atom stereocenters. The minimum atomic E-state index is -1.20. The van der Waals surface area contributed by atoms with Crippen molar-refractivity contribution in [2.45, 2.75) is 25.8 Å². The summed E-state index contributed by atoms with van der Waals surface area (Å²) in [5, 5.41) is 23.4. The summed E-state index contributed by atoms with van der Waals surface area (Å²) in [4.78, 5) is 33.9. The molecule has 2 aromatic rings. The van der Waals surface area contributed by atoms with Crippen LogP contribution in [-0.4, -0.2) is 21.9 Å². The van der Waals surface area contributed by atoms with Crippen LogP contribution in [0.4, 0.5) is 5.69 Å². The van der Waals surface area contributed by atoms with Gasteiger partial charge in [0.15, 0.2) is 0 Å². The molecule has 0 spiro atoms. The number of amides is 1. The van der Waals surface area contributed by atoms with E-state index in [4.69, 9.17) is 16.7 Å². The summed E-state index contributed by atoms with van der Waals surface area (Å²) in [6, 6.07) is 9.87. The van der Waals surface area contributed by atoms with Gasteiger partial charge < -0.3 is 10.4 Å². The van der Waals surface area contributed by atoms with Gasteiger partial charge in [-0.1, -0.05) is 29.8 Å². The maximum atomic E-state index is 12.2. The zero-order valence-electron chi connectivity index (χ0n) is 13.9. The number of hydrogen-bond acceptors (Lipinski definition) is 4. The molecular formula is C18H17ClN2O5. The summed E-state index contributed by atoms with van der Waals surface area (Å²) in [5.41, 5.74) is 1.11. The van der Waals surface area contributed by atoms with Crippen LogP contribution >= 0.6 is 11.6 Å². The smallest absolute Gasteiger partial charge is 0.335 e. The summed E-state index contributed by atoms with van der Waals surface area (Å²) in [5.74, 6) is -1.54. The van der Waals surface area contributed by atoms with Gasteiger partial charge in [-0.15, -0.1) is 0 Å². The van der Waals surface area contributed by atoms with Crippen molar-refractivity contribution >= 4 is 29.2 Å². The van der Waals surface area contributed by atoms with Crippen molar-refractivity contribution in [2.75, 3.05) is 5.32 Å². The molecule has 2 N–H and O–H groups in total. The van der Waals surface area contributed by atoms with Gasteiger partial charge >= 0.3 is 5.97 Å². The summed E-state index contributed by atoms with van der Waals surface area (Å²) in [6.07, 6.45) is 0.551. The number of anilines is 1. The van der Waals surface area contributed by atoms with Gasteiger partial charge in [-0.2, -0.15) is 0 Å². The molecule has 2 aromatic carbocycles. The second-order valence-corrected chi connectivity index (χ2v) is 6.12. The van der Waals surface area contributed by atoms with Crippen molar-refractivity contribution in [3.63, 3.8) is 0 Å². The highest BCUT2D eigenvalue weighted by Crippen LogP contribution is 2.27. The number of rotatable bonds is 7. The minimum absolute atomic E-state index is 0.0808. The Bertz CT molecular complexity index is 853. The topological polar surface area (TPSA) is 110 Å². The van der Waals surface area contributed by atoms with E-state index in [2.05, 4.69) is 5.32 Å². The van der Waals surface area contributed by atoms with Crippen molar-refractivity contribution in [3.8, 4) is 0 Å². The third-order valence-corrected chi connectivity index (χ3v) is 4.29. The largest absolute Gasteiger partial charge is 0.478 e. The quantitative estimate of drug-likeness (QED) is 0.561. The first-order chi connectivity index (χ1) is 12.3. The Labute approximate surface area is 154 Å². The summed E-state index contributed by atoms with van der Waals surface area (Å²) in [7, 11) is 0. The molecule has 0 saturated heterocycles. The van der Waals surface area contributed by atoms with E-state index in [-0.39, 0.29) is 29.1 Å². The average molecular weight is 377 g/mol. The van der Waals surface area contributed by atoms with E-state index in [1.165, 1.54) is 25.1 Å². The number of halogens is 1. The van der Waals surface area contributed by atoms with E-state index in [0.717, 1.165) is 5.56 Å². The summed E-state index contributed by atoms with van der Waals surface area (Å²) < 4.78 is 0. The van der Waals surface area contributed by atoms with Crippen LogP contribution in [0.5, 0.6) is 0 Å². The molecule has 0 radical (unpaired) electrons. The molecular weight excluding hydrogens is 360 g/mol. The number of carboxylic acids is 1. The Hall–Kier alpha value is -2.93. The van der Waals surface area contributed by atoms with E-state index in [0.29, 0.717) is 11.4 Å². The number of nitrogens with one attached hydrogen (secondary N) is 1. The number of carbonyl (C=O) groups is 2. The lowest BCUT2D eigenvalue weighted by molar-refractivity contribution is -0.524. The van der Waals surface area contributed by atoms with Crippen LogP contribution in [0.1, 0.15) is 40.9 Å². The number of nitrogens with zero attached hydrogens (tertiary/aromatic N) is 1. The van der Waals surface area contributed by atoms with E-state index in [1.54, 1.807) is 12.1 Å². The van der Waals surface area contributed by atoms with Crippen LogP contribution in [0.3, 0.4) is 0 Å². The Kier molecular flexibility index (Phi) is 6.30. The van der Waals surface area contributed by atoms with Gasteiger partial charge in [-0.05, 0) is 36.2 Å². The molecule has 0 heterocycles. The molecule has 8 heteroatoms. The van der Waals surface area contributed by atoms with Crippen LogP contribution in [0.15, 0.2) is 42.5 Å². The van der Waals surface area contributed by atoms with Crippen molar-refractivity contribution in [2.24, 2.45) is 0 Å². The number of carboxylic acid groups (broad SMARTS) is 1. The second kappa shape index (κ2) is 8.44. The molecule has 0 fully saturated rings. The van der Waals surface area contributed by atoms with Crippen LogP contribution in [-0.2, 0) is 11.2 Å². The van der Waals surface area contributed by atoms with Crippen molar-refractivity contribution in [1.29, 1.82) is 0 Å². The highest BCUT2D eigenvalue weighted by molar-refractivity contribution is 6.31. The molecule has 0 saturated carbocycles. The fraction of sp³-hybridized carbons (Fsp3) is 0.222. The van der Waals surface area contributed by atoms with Crippen molar-refractivity contribution in [1.82, 2.24) is 0 Å². The zero-order valence-corrected chi connectivity index (χ0v) is 14.7.